The Labute approximate surface area is 97.5 Å². The summed E-state index contributed by atoms with van der Waals surface area (Å²) in [5.74, 6) is 0. The first-order valence-electron chi connectivity index (χ1n) is 4.39. The van der Waals surface area contributed by atoms with E-state index in [-0.39, 0.29) is 0 Å². The molecule has 2 aromatic rings. The molecule has 76 valence electrons. The normalized spacial score (nSPS) is 11.1. The van der Waals surface area contributed by atoms with Gasteiger partial charge in [0.1, 0.15) is 0 Å². The number of aromatic nitrogens is 2. The van der Waals surface area contributed by atoms with Gasteiger partial charge in [-0.05, 0) is 30.4 Å². The summed E-state index contributed by atoms with van der Waals surface area (Å²) in [4.78, 5) is 0. The second-order valence-corrected chi connectivity index (χ2v) is 3.80. The molecule has 1 aromatic carbocycles. The molecular weight excluding hydrogens is 231 g/mol. The molecule has 0 amide bonds. The molecule has 0 aliphatic rings. The number of halogens is 2. The Balaban J connectivity index is 2.32. The molecule has 0 saturated carbocycles. The van der Waals surface area contributed by atoms with E-state index in [0.29, 0.717) is 10.0 Å². The van der Waals surface area contributed by atoms with E-state index in [2.05, 4.69) is 10.2 Å². The van der Waals surface area contributed by atoms with Crippen LogP contribution in [0.1, 0.15) is 11.3 Å². The van der Waals surface area contributed by atoms with Gasteiger partial charge in [0.15, 0.2) is 0 Å². The van der Waals surface area contributed by atoms with Crippen LogP contribution in [0.25, 0.3) is 12.2 Å². The van der Waals surface area contributed by atoms with Crippen molar-refractivity contribution in [1.82, 2.24) is 10.2 Å². The van der Waals surface area contributed by atoms with Gasteiger partial charge in [-0.15, -0.1) is 0 Å². The standard InChI is InChI=1S/C11H8Cl2N2/c12-10-2-1-3-11(13)9(10)5-4-8-6-7-14-15-8/h1-7H,(H,14,15)/b5-4+. The van der Waals surface area contributed by atoms with Gasteiger partial charge in [-0.3, -0.25) is 5.10 Å². The third-order valence-electron chi connectivity index (χ3n) is 1.95. The Morgan fingerprint density at radius 2 is 1.80 bits per heavy atom. The van der Waals surface area contributed by atoms with Gasteiger partial charge in [0.05, 0.1) is 5.69 Å². The van der Waals surface area contributed by atoms with Crippen molar-refractivity contribution in [2.75, 3.05) is 0 Å². The van der Waals surface area contributed by atoms with Gasteiger partial charge < -0.3 is 0 Å². The van der Waals surface area contributed by atoms with Gasteiger partial charge in [-0.2, -0.15) is 5.10 Å². The first kappa shape index (κ1) is 10.3. The average molecular weight is 239 g/mol. The van der Waals surface area contributed by atoms with Crippen LogP contribution in [0.15, 0.2) is 30.5 Å². The number of nitrogens with zero attached hydrogens (tertiary/aromatic N) is 1. The molecule has 2 nitrogen and oxygen atoms in total. The summed E-state index contributed by atoms with van der Waals surface area (Å²) in [7, 11) is 0. The van der Waals surface area contributed by atoms with E-state index < -0.39 is 0 Å². The fourth-order valence-corrected chi connectivity index (χ4v) is 1.73. The topological polar surface area (TPSA) is 28.7 Å². The molecule has 0 unspecified atom stereocenters. The van der Waals surface area contributed by atoms with E-state index in [1.165, 1.54) is 0 Å². The Morgan fingerprint density at radius 1 is 1.07 bits per heavy atom. The smallest absolute Gasteiger partial charge is 0.0578 e. The van der Waals surface area contributed by atoms with E-state index >= 15 is 0 Å². The third kappa shape index (κ3) is 2.41. The van der Waals surface area contributed by atoms with Gasteiger partial charge in [0, 0.05) is 21.8 Å². The molecule has 0 fully saturated rings. The second-order valence-electron chi connectivity index (χ2n) is 2.98. The van der Waals surface area contributed by atoms with Crippen LogP contribution in [0.4, 0.5) is 0 Å². The first-order valence-corrected chi connectivity index (χ1v) is 5.14. The monoisotopic (exact) mass is 238 g/mol. The van der Waals surface area contributed by atoms with E-state index in [4.69, 9.17) is 23.2 Å². The summed E-state index contributed by atoms with van der Waals surface area (Å²) in [5, 5.41) is 7.93. The van der Waals surface area contributed by atoms with Gasteiger partial charge in [-0.1, -0.05) is 29.3 Å². The molecule has 4 heteroatoms. The van der Waals surface area contributed by atoms with Gasteiger partial charge in [0.2, 0.25) is 0 Å². The van der Waals surface area contributed by atoms with Gasteiger partial charge in [0.25, 0.3) is 0 Å². The molecule has 1 heterocycles. The maximum atomic E-state index is 6.01. The minimum Gasteiger partial charge on any atom is -0.278 e. The number of rotatable bonds is 2. The fourth-order valence-electron chi connectivity index (χ4n) is 1.20. The van der Waals surface area contributed by atoms with Crippen LogP contribution in [0, 0.1) is 0 Å². The predicted octanol–water partition coefficient (Wildman–Crippen LogP) is 3.89. The lowest BCUT2D eigenvalue weighted by atomic mass is 10.2. The van der Waals surface area contributed by atoms with E-state index in [1.54, 1.807) is 18.3 Å². The molecule has 0 bridgehead atoms. The van der Waals surface area contributed by atoms with Crippen LogP contribution in [-0.2, 0) is 0 Å². The lowest BCUT2D eigenvalue weighted by Gasteiger charge is -1.99. The quantitative estimate of drug-likeness (QED) is 0.846. The predicted molar refractivity (Wildman–Crippen MR) is 64.0 cm³/mol. The van der Waals surface area contributed by atoms with Gasteiger partial charge >= 0.3 is 0 Å². The van der Waals surface area contributed by atoms with Crippen molar-refractivity contribution in [3.63, 3.8) is 0 Å². The molecule has 0 radical (unpaired) electrons. The minimum atomic E-state index is 0.637. The molecule has 15 heavy (non-hydrogen) atoms. The zero-order chi connectivity index (χ0) is 10.7. The van der Waals surface area contributed by atoms with Crippen LogP contribution in [0.5, 0.6) is 0 Å². The number of nitrogens with one attached hydrogen (secondary N) is 1. The van der Waals surface area contributed by atoms with Crippen molar-refractivity contribution in [2.45, 2.75) is 0 Å². The number of hydrogen-bond acceptors (Lipinski definition) is 1. The molecule has 0 spiro atoms. The zero-order valence-corrected chi connectivity index (χ0v) is 9.26. The highest BCUT2D eigenvalue weighted by molar-refractivity contribution is 6.37. The average Bonchev–Trinajstić information content (AvgIpc) is 2.70. The number of H-pyrrole nitrogens is 1. The Kier molecular flexibility index (Phi) is 3.09. The highest BCUT2D eigenvalue weighted by Gasteiger charge is 2.00. The summed E-state index contributed by atoms with van der Waals surface area (Å²) < 4.78 is 0. The molecule has 0 atom stereocenters. The lowest BCUT2D eigenvalue weighted by molar-refractivity contribution is 1.08. The van der Waals surface area contributed by atoms with E-state index in [1.807, 2.05) is 24.3 Å². The summed E-state index contributed by atoms with van der Waals surface area (Å²) in [5.41, 5.74) is 1.72. The van der Waals surface area contributed by atoms with Gasteiger partial charge in [-0.25, -0.2) is 0 Å². The van der Waals surface area contributed by atoms with Crippen molar-refractivity contribution in [3.05, 3.63) is 51.8 Å². The largest absolute Gasteiger partial charge is 0.278 e. The highest BCUT2D eigenvalue weighted by Crippen LogP contribution is 2.25. The first-order chi connectivity index (χ1) is 7.27. The minimum absolute atomic E-state index is 0.637. The van der Waals surface area contributed by atoms with Crippen LogP contribution in [0.2, 0.25) is 10.0 Å². The third-order valence-corrected chi connectivity index (χ3v) is 2.61. The maximum absolute atomic E-state index is 6.01. The Bertz CT molecular complexity index is 455. The SMILES string of the molecule is Clc1cccc(Cl)c1/C=C/c1ccn[nH]1. The molecular formula is C11H8Cl2N2. The van der Waals surface area contributed by atoms with Crippen LogP contribution < -0.4 is 0 Å². The maximum Gasteiger partial charge on any atom is 0.0578 e. The van der Waals surface area contributed by atoms with Crippen LogP contribution in [0.3, 0.4) is 0 Å². The van der Waals surface area contributed by atoms with Crippen LogP contribution in [-0.4, -0.2) is 10.2 Å². The second kappa shape index (κ2) is 4.51. The molecule has 1 aromatic heterocycles. The summed E-state index contributed by atoms with van der Waals surface area (Å²) in [6, 6.07) is 7.29. The summed E-state index contributed by atoms with van der Waals surface area (Å²) in [6.45, 7) is 0. The summed E-state index contributed by atoms with van der Waals surface area (Å²) >= 11 is 12.0. The molecule has 0 aliphatic heterocycles. The Hall–Kier alpha value is -1.25. The van der Waals surface area contributed by atoms with Crippen molar-refractivity contribution >= 4 is 35.4 Å². The molecule has 2 rings (SSSR count). The molecule has 0 aliphatic carbocycles. The van der Waals surface area contributed by atoms with E-state index in [9.17, 15) is 0 Å². The van der Waals surface area contributed by atoms with Crippen molar-refractivity contribution in [1.29, 1.82) is 0 Å². The van der Waals surface area contributed by atoms with Crippen molar-refractivity contribution in [2.24, 2.45) is 0 Å². The number of hydrogen-bond donors (Lipinski definition) is 1. The van der Waals surface area contributed by atoms with Crippen molar-refractivity contribution < 1.29 is 0 Å². The fraction of sp³-hybridized carbons (Fsp3) is 0. The molecule has 0 saturated heterocycles. The van der Waals surface area contributed by atoms with Crippen molar-refractivity contribution in [3.8, 4) is 0 Å². The van der Waals surface area contributed by atoms with E-state index in [0.717, 1.165) is 11.3 Å². The lowest BCUT2D eigenvalue weighted by Crippen LogP contribution is -1.77. The number of benzene rings is 1. The highest BCUT2D eigenvalue weighted by atomic mass is 35.5. The Morgan fingerprint density at radius 3 is 2.40 bits per heavy atom. The van der Waals surface area contributed by atoms with Crippen LogP contribution >= 0.6 is 23.2 Å². The molecule has 1 N–H and O–H groups in total. The number of aromatic amines is 1. The summed E-state index contributed by atoms with van der Waals surface area (Å²) in [6.07, 6.45) is 5.42. The zero-order valence-electron chi connectivity index (χ0n) is 7.74.